The average Bonchev–Trinajstić information content (AvgIpc) is 2.04. The van der Waals surface area contributed by atoms with E-state index in [2.05, 4.69) is 15.6 Å². The van der Waals surface area contributed by atoms with Crippen LogP contribution in [0.4, 0.5) is 4.79 Å². The zero-order valence-electron chi connectivity index (χ0n) is 6.00. The van der Waals surface area contributed by atoms with Crippen LogP contribution in [0.1, 0.15) is 6.42 Å². The van der Waals surface area contributed by atoms with Gasteiger partial charge < -0.3 is 10.6 Å². The fourth-order valence-corrected chi connectivity index (χ4v) is 1.27. The minimum atomic E-state index is -0.0811. The molecule has 0 saturated carbocycles. The Hall–Kier alpha value is -1.32. The maximum absolute atomic E-state index is 10.8. The number of rotatable bonds is 0. The molecule has 1 fully saturated rings. The van der Waals surface area contributed by atoms with E-state index < -0.39 is 0 Å². The predicted molar refractivity (Wildman–Crippen MR) is 41.5 cm³/mol. The molecule has 11 heavy (non-hydrogen) atoms. The van der Waals surface area contributed by atoms with Crippen LogP contribution in [0.15, 0.2) is 16.8 Å². The first-order valence-corrected chi connectivity index (χ1v) is 3.61. The molecule has 2 N–H and O–H groups in total. The highest BCUT2D eigenvalue weighted by atomic mass is 16.2. The molecule has 0 aromatic rings. The topological polar surface area (TPSA) is 53.5 Å². The number of hydrogen-bond donors (Lipinski definition) is 2. The van der Waals surface area contributed by atoms with Gasteiger partial charge in [0.15, 0.2) is 0 Å². The normalized spacial score (nSPS) is 28.2. The summed E-state index contributed by atoms with van der Waals surface area (Å²) < 4.78 is 0. The summed E-state index contributed by atoms with van der Waals surface area (Å²) in [7, 11) is 0. The van der Waals surface area contributed by atoms with Crippen molar-refractivity contribution in [3.8, 4) is 0 Å². The van der Waals surface area contributed by atoms with Gasteiger partial charge in [-0.05, 0) is 5.57 Å². The molecule has 0 aliphatic carbocycles. The highest BCUT2D eigenvalue weighted by molar-refractivity contribution is 5.78. The first-order chi connectivity index (χ1) is 5.36. The number of amides is 2. The van der Waals surface area contributed by atoms with E-state index in [1.807, 2.05) is 6.21 Å². The third-order valence-electron chi connectivity index (χ3n) is 1.89. The molecular weight excluding hydrogens is 142 g/mol. The molecule has 2 rings (SSSR count). The van der Waals surface area contributed by atoms with Gasteiger partial charge in [-0.3, -0.25) is 4.99 Å². The van der Waals surface area contributed by atoms with Crippen LogP contribution in [-0.2, 0) is 0 Å². The molecule has 0 aromatic carbocycles. The second-order valence-corrected chi connectivity index (χ2v) is 2.65. The van der Waals surface area contributed by atoms with Crippen molar-refractivity contribution in [3.05, 3.63) is 11.8 Å². The van der Waals surface area contributed by atoms with E-state index >= 15 is 0 Å². The standard InChI is InChI=1S/C7H9N3O/c11-7-9-4-5-3-8-2-1-6(5)10-7/h2-3,6H,1,4H2,(H2,9,10,11). The molecule has 2 aliphatic heterocycles. The van der Waals surface area contributed by atoms with Crippen molar-refractivity contribution >= 4 is 12.2 Å². The van der Waals surface area contributed by atoms with Gasteiger partial charge in [-0.25, -0.2) is 4.79 Å². The fourth-order valence-electron chi connectivity index (χ4n) is 1.27. The quantitative estimate of drug-likeness (QED) is 0.504. The number of fused-ring (bicyclic) bond motifs is 1. The zero-order chi connectivity index (χ0) is 7.68. The Morgan fingerprint density at radius 3 is 3.45 bits per heavy atom. The van der Waals surface area contributed by atoms with E-state index in [-0.39, 0.29) is 12.1 Å². The Kier molecular flexibility index (Phi) is 1.38. The van der Waals surface area contributed by atoms with Gasteiger partial charge in [0.1, 0.15) is 0 Å². The molecule has 0 aromatic heterocycles. The Morgan fingerprint density at radius 2 is 2.55 bits per heavy atom. The van der Waals surface area contributed by atoms with Crippen LogP contribution in [0.5, 0.6) is 0 Å². The Morgan fingerprint density at radius 1 is 1.64 bits per heavy atom. The van der Waals surface area contributed by atoms with E-state index in [0.29, 0.717) is 6.54 Å². The van der Waals surface area contributed by atoms with Crippen LogP contribution in [-0.4, -0.2) is 24.8 Å². The van der Waals surface area contributed by atoms with Crippen LogP contribution in [0.25, 0.3) is 0 Å². The Labute approximate surface area is 64.4 Å². The van der Waals surface area contributed by atoms with Crippen molar-refractivity contribution in [2.75, 3.05) is 6.54 Å². The SMILES string of the molecule is O=C1NCC2=CN=CCC2N1. The fraction of sp³-hybridized carbons (Fsp3) is 0.429. The van der Waals surface area contributed by atoms with Gasteiger partial charge in [0.05, 0.1) is 6.04 Å². The number of nitrogens with zero attached hydrogens (tertiary/aromatic N) is 1. The second-order valence-electron chi connectivity index (χ2n) is 2.65. The summed E-state index contributed by atoms with van der Waals surface area (Å²) in [6.07, 6.45) is 4.44. The van der Waals surface area contributed by atoms with Crippen molar-refractivity contribution in [2.45, 2.75) is 12.5 Å². The van der Waals surface area contributed by atoms with Crippen molar-refractivity contribution in [1.29, 1.82) is 0 Å². The van der Waals surface area contributed by atoms with E-state index in [1.165, 1.54) is 0 Å². The molecule has 1 unspecified atom stereocenters. The van der Waals surface area contributed by atoms with Crippen LogP contribution >= 0.6 is 0 Å². The van der Waals surface area contributed by atoms with Crippen LogP contribution in [0.3, 0.4) is 0 Å². The van der Waals surface area contributed by atoms with Gasteiger partial charge in [0.2, 0.25) is 0 Å². The first-order valence-electron chi connectivity index (χ1n) is 3.61. The molecule has 0 bridgehead atoms. The van der Waals surface area contributed by atoms with Crippen molar-refractivity contribution in [1.82, 2.24) is 10.6 Å². The molecule has 1 atom stereocenters. The lowest BCUT2D eigenvalue weighted by Crippen LogP contribution is -2.51. The van der Waals surface area contributed by atoms with E-state index in [4.69, 9.17) is 0 Å². The van der Waals surface area contributed by atoms with E-state index in [9.17, 15) is 4.79 Å². The molecule has 0 spiro atoms. The summed E-state index contributed by atoms with van der Waals surface area (Å²) in [6, 6.07) is 0.101. The summed E-state index contributed by atoms with van der Waals surface area (Å²) in [5.41, 5.74) is 1.16. The lowest BCUT2D eigenvalue weighted by molar-refractivity contribution is 0.235. The van der Waals surface area contributed by atoms with Gasteiger partial charge in [0, 0.05) is 25.4 Å². The molecule has 2 heterocycles. The number of nitrogens with one attached hydrogen (secondary N) is 2. The maximum atomic E-state index is 10.8. The molecule has 2 aliphatic rings. The minimum Gasteiger partial charge on any atom is -0.334 e. The smallest absolute Gasteiger partial charge is 0.315 e. The highest BCUT2D eigenvalue weighted by Crippen LogP contribution is 2.11. The summed E-state index contributed by atoms with van der Waals surface area (Å²) in [5.74, 6) is 0. The first kappa shape index (κ1) is 6.39. The molecule has 4 heteroatoms. The molecule has 1 saturated heterocycles. The summed E-state index contributed by atoms with van der Waals surface area (Å²) >= 11 is 0. The van der Waals surface area contributed by atoms with E-state index in [0.717, 1.165) is 12.0 Å². The molecule has 58 valence electrons. The largest absolute Gasteiger partial charge is 0.334 e. The lowest BCUT2D eigenvalue weighted by Gasteiger charge is -2.27. The summed E-state index contributed by atoms with van der Waals surface area (Å²) in [5, 5.41) is 5.50. The summed E-state index contributed by atoms with van der Waals surface area (Å²) in [4.78, 5) is 14.8. The third-order valence-corrected chi connectivity index (χ3v) is 1.89. The second kappa shape index (κ2) is 2.38. The molecular formula is C7H9N3O. The number of aliphatic imine (C=N–C) groups is 1. The zero-order valence-corrected chi connectivity index (χ0v) is 6.00. The van der Waals surface area contributed by atoms with Crippen molar-refractivity contribution < 1.29 is 4.79 Å². The van der Waals surface area contributed by atoms with Crippen LogP contribution in [0, 0.1) is 0 Å². The third kappa shape index (κ3) is 1.11. The van der Waals surface area contributed by atoms with Crippen molar-refractivity contribution in [2.24, 2.45) is 4.99 Å². The monoisotopic (exact) mass is 151 g/mol. The van der Waals surface area contributed by atoms with Gasteiger partial charge in [-0.1, -0.05) is 0 Å². The Balaban J connectivity index is 2.16. The summed E-state index contributed by atoms with van der Waals surface area (Å²) in [6.45, 7) is 0.633. The van der Waals surface area contributed by atoms with Gasteiger partial charge in [-0.15, -0.1) is 0 Å². The number of urea groups is 1. The average molecular weight is 151 g/mol. The number of carbonyl (C=O) groups is 1. The van der Waals surface area contributed by atoms with Gasteiger partial charge >= 0.3 is 6.03 Å². The predicted octanol–water partition coefficient (Wildman–Crippen LogP) is 0.0262. The minimum absolute atomic E-state index is 0.0811. The lowest BCUT2D eigenvalue weighted by atomic mass is 10.0. The van der Waals surface area contributed by atoms with Crippen LogP contribution < -0.4 is 10.6 Å². The van der Waals surface area contributed by atoms with Crippen molar-refractivity contribution in [3.63, 3.8) is 0 Å². The molecule has 4 nitrogen and oxygen atoms in total. The highest BCUT2D eigenvalue weighted by Gasteiger charge is 2.22. The van der Waals surface area contributed by atoms with Crippen LogP contribution in [0.2, 0.25) is 0 Å². The van der Waals surface area contributed by atoms with Gasteiger partial charge in [-0.2, -0.15) is 0 Å². The van der Waals surface area contributed by atoms with Gasteiger partial charge in [0.25, 0.3) is 0 Å². The number of hydrogen-bond acceptors (Lipinski definition) is 2. The maximum Gasteiger partial charge on any atom is 0.315 e. The number of carbonyl (C=O) groups excluding carboxylic acids is 1. The molecule has 2 amide bonds. The molecule has 0 radical (unpaired) electrons. The van der Waals surface area contributed by atoms with E-state index in [1.54, 1.807) is 6.20 Å². The Bertz CT molecular complexity index is 244.